The molecule has 1 aromatic carbocycles. The molecule has 1 saturated carbocycles. The maximum Gasteiger partial charge on any atom is 0.294 e. The zero-order valence-electron chi connectivity index (χ0n) is 14.4. The third kappa shape index (κ3) is 3.86. The summed E-state index contributed by atoms with van der Waals surface area (Å²) >= 11 is 6.12. The molecule has 4 rings (SSSR count). The van der Waals surface area contributed by atoms with Crippen LogP contribution in [0.15, 0.2) is 47.1 Å². The second-order valence-electron chi connectivity index (χ2n) is 6.50. The largest absolute Gasteiger partial charge is 0.454 e. The Bertz CT molecular complexity index is 1000. The van der Waals surface area contributed by atoms with Crippen LogP contribution in [0.2, 0.25) is 5.02 Å². The number of nitriles is 1. The highest BCUT2D eigenvalue weighted by Crippen LogP contribution is 2.34. The summed E-state index contributed by atoms with van der Waals surface area (Å²) in [6.07, 6.45) is 5.44. The second kappa shape index (κ2) is 7.25. The van der Waals surface area contributed by atoms with Crippen LogP contribution in [0, 0.1) is 17.2 Å². The fourth-order valence-electron chi connectivity index (χ4n) is 2.86. The molecule has 0 spiro atoms. The SMILES string of the molecule is N#Cc1ccc(Cl)cc1N(CC1CC1)C(=O)c1ccc(Cn2ccnn2)o1. The van der Waals surface area contributed by atoms with E-state index in [0.29, 0.717) is 41.0 Å². The number of aromatic nitrogens is 3. The molecule has 8 heteroatoms. The van der Waals surface area contributed by atoms with Crippen LogP contribution in [0.25, 0.3) is 0 Å². The minimum Gasteiger partial charge on any atom is -0.454 e. The van der Waals surface area contributed by atoms with Crippen molar-refractivity contribution in [1.82, 2.24) is 15.0 Å². The van der Waals surface area contributed by atoms with Crippen LogP contribution in [0.3, 0.4) is 0 Å². The smallest absolute Gasteiger partial charge is 0.294 e. The lowest BCUT2D eigenvalue weighted by atomic mass is 10.1. The van der Waals surface area contributed by atoms with E-state index in [9.17, 15) is 10.1 Å². The van der Waals surface area contributed by atoms with Gasteiger partial charge in [-0.25, -0.2) is 4.68 Å². The number of carbonyl (C=O) groups is 1. The van der Waals surface area contributed by atoms with Crippen molar-refractivity contribution in [3.63, 3.8) is 0 Å². The Morgan fingerprint density at radius 1 is 1.37 bits per heavy atom. The molecule has 1 aliphatic rings. The van der Waals surface area contributed by atoms with E-state index in [0.717, 1.165) is 12.8 Å². The van der Waals surface area contributed by atoms with Crippen molar-refractivity contribution in [1.29, 1.82) is 5.26 Å². The molecule has 136 valence electrons. The van der Waals surface area contributed by atoms with Gasteiger partial charge in [0.2, 0.25) is 0 Å². The van der Waals surface area contributed by atoms with Crippen molar-refractivity contribution < 1.29 is 9.21 Å². The molecule has 0 atom stereocenters. The van der Waals surface area contributed by atoms with E-state index in [1.807, 2.05) is 0 Å². The van der Waals surface area contributed by atoms with Crippen molar-refractivity contribution >= 4 is 23.2 Å². The van der Waals surface area contributed by atoms with Gasteiger partial charge in [0.1, 0.15) is 18.4 Å². The molecule has 27 heavy (non-hydrogen) atoms. The van der Waals surface area contributed by atoms with E-state index in [-0.39, 0.29) is 11.7 Å². The Morgan fingerprint density at radius 3 is 2.93 bits per heavy atom. The molecule has 0 saturated heterocycles. The standard InChI is InChI=1S/C19H16ClN5O2/c20-15-4-3-14(10-21)17(9-15)25(11-13-1-2-13)19(26)18-6-5-16(27-18)12-24-8-7-22-23-24/h3-9,13H,1-2,11-12H2. The lowest BCUT2D eigenvalue weighted by Gasteiger charge is -2.23. The maximum atomic E-state index is 13.1. The summed E-state index contributed by atoms with van der Waals surface area (Å²) in [5, 5.41) is 17.6. The average molecular weight is 382 g/mol. The van der Waals surface area contributed by atoms with Crippen LogP contribution in [0.5, 0.6) is 0 Å². The molecule has 0 N–H and O–H groups in total. The Kier molecular flexibility index (Phi) is 4.65. The molecule has 0 bridgehead atoms. The van der Waals surface area contributed by atoms with E-state index >= 15 is 0 Å². The van der Waals surface area contributed by atoms with Crippen molar-refractivity contribution in [3.8, 4) is 6.07 Å². The molecule has 1 aliphatic carbocycles. The first kappa shape index (κ1) is 17.3. The minimum absolute atomic E-state index is 0.217. The molecule has 0 aliphatic heterocycles. The third-order valence-corrected chi connectivity index (χ3v) is 4.65. The molecule has 2 aromatic heterocycles. The normalized spacial score (nSPS) is 13.3. The lowest BCUT2D eigenvalue weighted by molar-refractivity contribution is 0.0957. The zero-order chi connectivity index (χ0) is 18.8. The van der Waals surface area contributed by atoms with Crippen LogP contribution in [-0.4, -0.2) is 27.4 Å². The Morgan fingerprint density at radius 2 is 2.22 bits per heavy atom. The minimum atomic E-state index is -0.287. The number of hydrogen-bond donors (Lipinski definition) is 0. The summed E-state index contributed by atoms with van der Waals surface area (Å²) in [5.74, 6) is 0.964. The molecule has 0 radical (unpaired) electrons. The van der Waals surface area contributed by atoms with Crippen molar-refractivity contribution in [2.45, 2.75) is 19.4 Å². The summed E-state index contributed by atoms with van der Waals surface area (Å²) in [5.41, 5.74) is 0.916. The molecule has 3 aromatic rings. The first-order chi connectivity index (χ1) is 13.1. The topological polar surface area (TPSA) is 88.0 Å². The molecule has 1 amide bonds. The number of anilines is 1. The van der Waals surface area contributed by atoms with Gasteiger partial charge in [-0.2, -0.15) is 5.26 Å². The van der Waals surface area contributed by atoms with Gasteiger partial charge in [-0.3, -0.25) is 4.79 Å². The fraction of sp³-hybridized carbons (Fsp3) is 0.263. The summed E-state index contributed by atoms with van der Waals surface area (Å²) in [4.78, 5) is 14.7. The summed E-state index contributed by atoms with van der Waals surface area (Å²) in [7, 11) is 0. The van der Waals surface area contributed by atoms with Crippen molar-refractivity contribution in [3.05, 3.63) is 64.8 Å². The summed E-state index contributed by atoms with van der Waals surface area (Å²) in [6.45, 7) is 0.920. The molecule has 1 fully saturated rings. The predicted molar refractivity (Wildman–Crippen MR) is 98.4 cm³/mol. The monoisotopic (exact) mass is 381 g/mol. The fourth-order valence-corrected chi connectivity index (χ4v) is 3.03. The maximum absolute atomic E-state index is 13.1. The lowest BCUT2D eigenvalue weighted by Crippen LogP contribution is -2.33. The van der Waals surface area contributed by atoms with E-state index in [4.69, 9.17) is 16.0 Å². The Hall–Kier alpha value is -3.11. The van der Waals surface area contributed by atoms with Crippen LogP contribution < -0.4 is 4.90 Å². The molecular formula is C19H16ClN5O2. The summed E-state index contributed by atoms with van der Waals surface area (Å²) in [6, 6.07) is 10.4. The first-order valence-electron chi connectivity index (χ1n) is 8.58. The molecule has 7 nitrogen and oxygen atoms in total. The van der Waals surface area contributed by atoms with Crippen LogP contribution in [0.4, 0.5) is 5.69 Å². The van der Waals surface area contributed by atoms with Gasteiger partial charge < -0.3 is 9.32 Å². The Labute approximate surface area is 160 Å². The first-order valence-corrected chi connectivity index (χ1v) is 8.96. The van der Waals surface area contributed by atoms with Crippen LogP contribution in [-0.2, 0) is 6.54 Å². The second-order valence-corrected chi connectivity index (χ2v) is 6.94. The van der Waals surface area contributed by atoms with Gasteiger partial charge in [0.05, 0.1) is 17.4 Å². The van der Waals surface area contributed by atoms with Gasteiger partial charge in [0.15, 0.2) is 5.76 Å². The van der Waals surface area contributed by atoms with E-state index in [1.165, 1.54) is 0 Å². The van der Waals surface area contributed by atoms with Crippen LogP contribution >= 0.6 is 11.6 Å². The number of amides is 1. The molecule has 2 heterocycles. The van der Waals surface area contributed by atoms with E-state index < -0.39 is 0 Å². The summed E-state index contributed by atoms with van der Waals surface area (Å²) < 4.78 is 7.34. The number of hydrogen-bond acceptors (Lipinski definition) is 5. The van der Waals surface area contributed by atoms with E-state index in [2.05, 4.69) is 16.4 Å². The quantitative estimate of drug-likeness (QED) is 0.652. The number of halogens is 1. The highest BCUT2D eigenvalue weighted by Gasteiger charge is 2.31. The van der Waals surface area contributed by atoms with Crippen molar-refractivity contribution in [2.24, 2.45) is 5.92 Å². The highest BCUT2D eigenvalue weighted by molar-refractivity contribution is 6.31. The zero-order valence-corrected chi connectivity index (χ0v) is 15.1. The number of furan rings is 1. The number of carbonyl (C=O) groups excluding carboxylic acids is 1. The molecule has 0 unspecified atom stereocenters. The van der Waals surface area contributed by atoms with Gasteiger partial charge in [-0.05, 0) is 49.1 Å². The predicted octanol–water partition coefficient (Wildman–Crippen LogP) is 3.50. The van der Waals surface area contributed by atoms with Gasteiger partial charge in [0, 0.05) is 17.8 Å². The Balaban J connectivity index is 1.63. The van der Waals surface area contributed by atoms with Gasteiger partial charge in [-0.15, -0.1) is 5.10 Å². The third-order valence-electron chi connectivity index (χ3n) is 4.42. The van der Waals surface area contributed by atoms with Gasteiger partial charge in [0.25, 0.3) is 5.91 Å². The number of benzene rings is 1. The van der Waals surface area contributed by atoms with Gasteiger partial charge in [-0.1, -0.05) is 16.8 Å². The van der Waals surface area contributed by atoms with Crippen LogP contribution in [0.1, 0.15) is 34.7 Å². The number of rotatable bonds is 6. The highest BCUT2D eigenvalue weighted by atomic mass is 35.5. The van der Waals surface area contributed by atoms with Gasteiger partial charge >= 0.3 is 0 Å². The van der Waals surface area contributed by atoms with E-state index in [1.54, 1.807) is 52.3 Å². The molecular weight excluding hydrogens is 366 g/mol. The van der Waals surface area contributed by atoms with Crippen molar-refractivity contribution in [2.75, 3.05) is 11.4 Å². The number of nitrogens with zero attached hydrogens (tertiary/aromatic N) is 5. The average Bonchev–Trinajstić information content (AvgIpc) is 3.14.